The van der Waals surface area contributed by atoms with E-state index in [0.29, 0.717) is 11.3 Å². The first-order valence-corrected chi connectivity index (χ1v) is 7.84. The molecular weight excluding hydrogens is 302 g/mol. The Hall–Kier alpha value is -2.84. The third-order valence-corrected chi connectivity index (χ3v) is 3.88. The lowest BCUT2D eigenvalue weighted by molar-refractivity contribution is -0.709. The monoisotopic (exact) mass is 324 g/mol. The van der Waals surface area contributed by atoms with Crippen molar-refractivity contribution in [3.05, 3.63) is 59.7 Å². The van der Waals surface area contributed by atoms with Gasteiger partial charge >= 0.3 is 0 Å². The molecule has 24 heavy (non-hydrogen) atoms. The Labute approximate surface area is 142 Å². The van der Waals surface area contributed by atoms with Gasteiger partial charge in [0.05, 0.1) is 24.3 Å². The number of anilines is 1. The number of methoxy groups -OCH3 is 1. The van der Waals surface area contributed by atoms with Gasteiger partial charge in [-0.2, -0.15) is 5.26 Å². The summed E-state index contributed by atoms with van der Waals surface area (Å²) in [4.78, 5) is 12.4. The molecule has 0 saturated heterocycles. The summed E-state index contributed by atoms with van der Waals surface area (Å²) in [6.45, 7) is 3.90. The Bertz CT molecular complexity index is 752. The number of hydrogen-bond donors (Lipinski definition) is 2. The lowest BCUT2D eigenvalue weighted by atomic mass is 10.1. The van der Waals surface area contributed by atoms with E-state index in [1.165, 1.54) is 0 Å². The number of para-hydroxylation sites is 1. The SMILES string of the molecule is COc1ccccc1[C@@H](C)[NH2+][C@@H](C)C(=O)Nc1cccc(C#N)c1. The van der Waals surface area contributed by atoms with Crippen LogP contribution >= 0.6 is 0 Å². The minimum absolute atomic E-state index is 0.0762. The van der Waals surface area contributed by atoms with E-state index in [9.17, 15) is 4.79 Å². The molecule has 0 radical (unpaired) electrons. The number of quaternary nitrogens is 1. The van der Waals surface area contributed by atoms with Crippen molar-refractivity contribution in [3.8, 4) is 11.8 Å². The summed E-state index contributed by atoms with van der Waals surface area (Å²) in [5, 5.41) is 13.8. The van der Waals surface area contributed by atoms with Gasteiger partial charge in [0.25, 0.3) is 5.91 Å². The fraction of sp³-hybridized carbons (Fsp3) is 0.263. The molecule has 3 N–H and O–H groups in total. The van der Waals surface area contributed by atoms with Gasteiger partial charge in [0, 0.05) is 5.69 Å². The molecule has 0 spiro atoms. The maximum atomic E-state index is 12.4. The quantitative estimate of drug-likeness (QED) is 0.855. The topological polar surface area (TPSA) is 78.7 Å². The summed E-state index contributed by atoms with van der Waals surface area (Å²) in [6, 6.07) is 16.5. The highest BCUT2D eigenvalue weighted by molar-refractivity contribution is 5.93. The van der Waals surface area contributed by atoms with Gasteiger partial charge in [-0.3, -0.25) is 4.79 Å². The molecule has 2 aromatic carbocycles. The smallest absolute Gasteiger partial charge is 0.282 e. The maximum Gasteiger partial charge on any atom is 0.282 e. The van der Waals surface area contributed by atoms with Gasteiger partial charge in [0.2, 0.25) is 0 Å². The molecule has 0 unspecified atom stereocenters. The van der Waals surface area contributed by atoms with Crippen LogP contribution < -0.4 is 15.4 Å². The van der Waals surface area contributed by atoms with Crippen molar-refractivity contribution in [2.45, 2.75) is 25.9 Å². The zero-order valence-corrected chi connectivity index (χ0v) is 14.1. The summed E-state index contributed by atoms with van der Waals surface area (Å²) in [7, 11) is 1.64. The molecule has 2 aromatic rings. The largest absolute Gasteiger partial charge is 0.496 e. The van der Waals surface area contributed by atoms with E-state index in [1.54, 1.807) is 31.4 Å². The number of hydrogen-bond acceptors (Lipinski definition) is 3. The number of rotatable bonds is 6. The zero-order valence-electron chi connectivity index (χ0n) is 14.1. The van der Waals surface area contributed by atoms with Crippen LogP contribution in [0, 0.1) is 11.3 Å². The van der Waals surface area contributed by atoms with Gasteiger partial charge in [0.15, 0.2) is 6.04 Å². The molecule has 2 rings (SSSR count). The van der Waals surface area contributed by atoms with Crippen molar-refractivity contribution in [2.75, 3.05) is 12.4 Å². The van der Waals surface area contributed by atoms with Crippen molar-refractivity contribution in [3.63, 3.8) is 0 Å². The predicted octanol–water partition coefficient (Wildman–Crippen LogP) is 2.22. The third kappa shape index (κ3) is 4.34. The molecule has 0 bridgehead atoms. The highest BCUT2D eigenvalue weighted by atomic mass is 16.5. The number of nitriles is 1. The van der Waals surface area contributed by atoms with Crippen molar-refractivity contribution in [2.24, 2.45) is 0 Å². The molecule has 124 valence electrons. The number of amides is 1. The molecular formula is C19H22N3O2+. The molecule has 0 aliphatic heterocycles. The van der Waals surface area contributed by atoms with Crippen LogP contribution in [0.25, 0.3) is 0 Å². The van der Waals surface area contributed by atoms with Crippen molar-refractivity contribution in [1.29, 1.82) is 5.26 Å². The first-order valence-electron chi connectivity index (χ1n) is 7.84. The molecule has 0 heterocycles. The highest BCUT2D eigenvalue weighted by Gasteiger charge is 2.22. The van der Waals surface area contributed by atoms with Crippen LogP contribution in [-0.2, 0) is 4.79 Å². The molecule has 0 saturated carbocycles. The van der Waals surface area contributed by atoms with Crippen LogP contribution in [0.2, 0.25) is 0 Å². The number of carbonyl (C=O) groups excluding carboxylic acids is 1. The van der Waals surface area contributed by atoms with Gasteiger partial charge in [0.1, 0.15) is 11.8 Å². The van der Waals surface area contributed by atoms with E-state index in [4.69, 9.17) is 10.00 Å². The fourth-order valence-corrected chi connectivity index (χ4v) is 2.59. The van der Waals surface area contributed by atoms with Crippen LogP contribution in [0.3, 0.4) is 0 Å². The van der Waals surface area contributed by atoms with E-state index in [1.807, 2.05) is 43.4 Å². The Morgan fingerprint density at radius 1 is 1.21 bits per heavy atom. The van der Waals surface area contributed by atoms with E-state index in [0.717, 1.165) is 11.3 Å². The molecule has 0 aliphatic carbocycles. The first kappa shape index (κ1) is 17.5. The normalized spacial score (nSPS) is 12.8. The summed E-state index contributed by atoms with van der Waals surface area (Å²) < 4.78 is 5.38. The lowest BCUT2D eigenvalue weighted by Gasteiger charge is -2.18. The van der Waals surface area contributed by atoms with Crippen molar-refractivity contribution >= 4 is 11.6 Å². The summed E-state index contributed by atoms with van der Waals surface area (Å²) >= 11 is 0. The molecule has 1 amide bonds. The standard InChI is InChI=1S/C19H21N3O2/c1-13(17-9-4-5-10-18(17)24-3)21-14(2)19(23)22-16-8-6-7-15(11-16)12-20/h4-11,13-14,21H,1-3H3,(H,22,23)/p+1/t13-,14+/m1/s1. The first-order chi connectivity index (χ1) is 11.5. The Balaban J connectivity index is 2.01. The van der Waals surface area contributed by atoms with E-state index in [2.05, 4.69) is 11.4 Å². The number of nitrogens with two attached hydrogens (primary N) is 1. The molecule has 0 aliphatic rings. The minimum atomic E-state index is -0.282. The summed E-state index contributed by atoms with van der Waals surface area (Å²) in [5.74, 6) is 0.711. The molecule has 0 fully saturated rings. The van der Waals surface area contributed by atoms with Crippen LogP contribution in [0.4, 0.5) is 5.69 Å². The van der Waals surface area contributed by atoms with E-state index in [-0.39, 0.29) is 18.0 Å². The average molecular weight is 324 g/mol. The molecule has 0 aromatic heterocycles. The summed E-state index contributed by atoms with van der Waals surface area (Å²) in [5.41, 5.74) is 2.20. The number of benzene rings is 2. The van der Waals surface area contributed by atoms with Gasteiger partial charge in [-0.05, 0) is 44.2 Å². The van der Waals surface area contributed by atoms with E-state index >= 15 is 0 Å². The van der Waals surface area contributed by atoms with Gasteiger partial charge in [-0.15, -0.1) is 0 Å². The van der Waals surface area contributed by atoms with Crippen LogP contribution in [-0.4, -0.2) is 19.1 Å². The third-order valence-electron chi connectivity index (χ3n) is 3.88. The van der Waals surface area contributed by atoms with Crippen LogP contribution in [0.1, 0.15) is 31.0 Å². The molecule has 2 atom stereocenters. The number of nitrogens with one attached hydrogen (secondary N) is 1. The second-order valence-corrected chi connectivity index (χ2v) is 5.69. The number of ether oxygens (including phenoxy) is 1. The van der Waals surface area contributed by atoms with Crippen molar-refractivity contribution in [1.82, 2.24) is 0 Å². The van der Waals surface area contributed by atoms with Gasteiger partial charge < -0.3 is 15.4 Å². The predicted molar refractivity (Wildman–Crippen MR) is 92.6 cm³/mol. The summed E-state index contributed by atoms with van der Waals surface area (Å²) in [6.07, 6.45) is 0. The van der Waals surface area contributed by atoms with Crippen LogP contribution in [0.15, 0.2) is 48.5 Å². The average Bonchev–Trinajstić information content (AvgIpc) is 2.61. The molecule has 5 heteroatoms. The Morgan fingerprint density at radius 3 is 2.67 bits per heavy atom. The van der Waals surface area contributed by atoms with Gasteiger partial charge in [-0.25, -0.2) is 0 Å². The van der Waals surface area contributed by atoms with Crippen LogP contribution in [0.5, 0.6) is 5.75 Å². The second kappa shape index (κ2) is 8.14. The van der Waals surface area contributed by atoms with Crippen molar-refractivity contribution < 1.29 is 14.8 Å². The van der Waals surface area contributed by atoms with Gasteiger partial charge in [-0.1, -0.05) is 18.2 Å². The molecule has 5 nitrogen and oxygen atoms in total. The second-order valence-electron chi connectivity index (χ2n) is 5.69. The zero-order chi connectivity index (χ0) is 17.5. The Kier molecular flexibility index (Phi) is 5.94. The van der Waals surface area contributed by atoms with E-state index < -0.39 is 0 Å². The highest BCUT2D eigenvalue weighted by Crippen LogP contribution is 2.22. The lowest BCUT2D eigenvalue weighted by Crippen LogP contribution is -2.91. The Morgan fingerprint density at radius 2 is 1.96 bits per heavy atom. The number of carbonyl (C=O) groups is 1. The number of nitrogens with zero attached hydrogens (tertiary/aromatic N) is 1. The maximum absolute atomic E-state index is 12.4. The minimum Gasteiger partial charge on any atom is -0.496 e. The fourth-order valence-electron chi connectivity index (χ4n) is 2.59.